The summed E-state index contributed by atoms with van der Waals surface area (Å²) >= 11 is 0. The molecule has 0 aliphatic rings. The number of pyridine rings is 1. The zero-order valence-electron chi connectivity index (χ0n) is 14.4. The van der Waals surface area contributed by atoms with Crippen LogP contribution in [-0.2, 0) is 9.53 Å². The molecule has 4 nitrogen and oxygen atoms in total. The number of amides is 1. The molecule has 1 amide bonds. The Morgan fingerprint density at radius 3 is 2.58 bits per heavy atom. The van der Waals surface area contributed by atoms with Gasteiger partial charge in [0.15, 0.2) is 6.10 Å². The van der Waals surface area contributed by atoms with E-state index in [0.29, 0.717) is 6.54 Å². The Morgan fingerprint density at radius 2 is 1.96 bits per heavy atom. The molecule has 0 bridgehead atoms. The van der Waals surface area contributed by atoms with Crippen LogP contribution in [0.15, 0.2) is 60.9 Å². The summed E-state index contributed by atoms with van der Waals surface area (Å²) in [6.07, 6.45) is 6.70. The van der Waals surface area contributed by atoms with Crippen LogP contribution in [0.3, 0.4) is 0 Å². The van der Waals surface area contributed by atoms with Crippen molar-refractivity contribution in [1.29, 1.82) is 0 Å². The minimum atomic E-state index is -0.627. The van der Waals surface area contributed by atoms with Crippen LogP contribution in [0.4, 0.5) is 0 Å². The Balaban J connectivity index is 1.99. The fourth-order valence-corrected chi connectivity index (χ4v) is 2.18. The molecule has 1 unspecified atom stereocenters. The van der Waals surface area contributed by atoms with Crippen LogP contribution in [0.2, 0.25) is 0 Å². The fourth-order valence-electron chi connectivity index (χ4n) is 2.18. The van der Waals surface area contributed by atoms with Gasteiger partial charge in [-0.2, -0.15) is 0 Å². The van der Waals surface area contributed by atoms with Gasteiger partial charge in [0, 0.05) is 18.9 Å². The summed E-state index contributed by atoms with van der Waals surface area (Å²) in [5.74, 6) is -0.146. The summed E-state index contributed by atoms with van der Waals surface area (Å²) in [5.41, 5.74) is 1.43. The molecule has 1 N–H and O–H groups in total. The van der Waals surface area contributed by atoms with Crippen molar-refractivity contribution in [2.45, 2.75) is 32.5 Å². The van der Waals surface area contributed by atoms with Crippen LogP contribution in [0, 0.1) is 0 Å². The van der Waals surface area contributed by atoms with E-state index in [1.165, 1.54) is 0 Å². The first kappa shape index (κ1) is 17.9. The van der Waals surface area contributed by atoms with Gasteiger partial charge in [0.25, 0.3) is 5.91 Å². The van der Waals surface area contributed by atoms with Gasteiger partial charge < -0.3 is 10.1 Å². The summed E-state index contributed by atoms with van der Waals surface area (Å²) in [4.78, 5) is 16.6. The predicted molar refractivity (Wildman–Crippen MR) is 96.3 cm³/mol. The minimum absolute atomic E-state index is 0.146. The van der Waals surface area contributed by atoms with E-state index in [1.54, 1.807) is 12.4 Å². The molecule has 0 spiro atoms. The Hall–Kier alpha value is -2.46. The second kappa shape index (κ2) is 8.41. The lowest BCUT2D eigenvalue weighted by Crippen LogP contribution is -2.35. The standard InChI is InChI=1S/C20H24N2O2/c1-20(2,3)24-18(17-11-5-4-6-12-17)19(23)22-14-8-10-16-9-7-13-21-15-16/h4-13,15,18H,14H2,1-3H3,(H,22,23). The summed E-state index contributed by atoms with van der Waals surface area (Å²) in [5, 5.41) is 2.90. The lowest BCUT2D eigenvalue weighted by molar-refractivity contribution is -0.143. The quantitative estimate of drug-likeness (QED) is 0.880. The Morgan fingerprint density at radius 1 is 1.21 bits per heavy atom. The highest BCUT2D eigenvalue weighted by atomic mass is 16.5. The van der Waals surface area contributed by atoms with Gasteiger partial charge in [-0.15, -0.1) is 0 Å². The highest BCUT2D eigenvalue weighted by Gasteiger charge is 2.26. The topological polar surface area (TPSA) is 51.2 Å². The molecular formula is C20H24N2O2. The normalized spacial score (nSPS) is 13.0. The van der Waals surface area contributed by atoms with Gasteiger partial charge in [-0.25, -0.2) is 0 Å². The molecule has 1 heterocycles. The van der Waals surface area contributed by atoms with Crippen molar-refractivity contribution in [2.75, 3.05) is 6.54 Å². The van der Waals surface area contributed by atoms with Crippen LogP contribution in [-0.4, -0.2) is 23.0 Å². The van der Waals surface area contributed by atoms with Crippen LogP contribution < -0.4 is 5.32 Å². The monoisotopic (exact) mass is 324 g/mol. The van der Waals surface area contributed by atoms with E-state index in [2.05, 4.69) is 10.3 Å². The van der Waals surface area contributed by atoms with E-state index in [0.717, 1.165) is 11.1 Å². The van der Waals surface area contributed by atoms with Crippen molar-refractivity contribution in [3.8, 4) is 0 Å². The molecule has 2 aromatic rings. The maximum atomic E-state index is 12.6. The molecule has 0 saturated carbocycles. The van der Waals surface area contributed by atoms with Crippen molar-refractivity contribution < 1.29 is 9.53 Å². The highest BCUT2D eigenvalue weighted by molar-refractivity contribution is 5.82. The average molecular weight is 324 g/mol. The zero-order valence-corrected chi connectivity index (χ0v) is 14.4. The Bertz CT molecular complexity index is 661. The first-order chi connectivity index (χ1) is 11.5. The number of benzene rings is 1. The van der Waals surface area contributed by atoms with Gasteiger partial charge in [-0.05, 0) is 38.0 Å². The summed E-state index contributed by atoms with van der Waals surface area (Å²) in [6.45, 7) is 6.26. The van der Waals surface area contributed by atoms with E-state index in [9.17, 15) is 4.79 Å². The Labute approximate surface area is 143 Å². The number of nitrogens with one attached hydrogen (secondary N) is 1. The third-order valence-electron chi connectivity index (χ3n) is 3.20. The van der Waals surface area contributed by atoms with Crippen molar-refractivity contribution in [3.05, 3.63) is 72.1 Å². The third-order valence-corrected chi connectivity index (χ3v) is 3.20. The predicted octanol–water partition coefficient (Wildman–Crippen LogP) is 3.77. The second-order valence-electron chi connectivity index (χ2n) is 6.45. The number of hydrogen-bond donors (Lipinski definition) is 1. The van der Waals surface area contributed by atoms with Gasteiger partial charge in [0.05, 0.1) is 5.60 Å². The van der Waals surface area contributed by atoms with E-state index in [1.807, 2.05) is 75.4 Å². The van der Waals surface area contributed by atoms with Gasteiger partial charge in [0.2, 0.25) is 0 Å². The summed E-state index contributed by atoms with van der Waals surface area (Å²) in [7, 11) is 0. The molecule has 1 atom stereocenters. The van der Waals surface area contributed by atoms with E-state index in [-0.39, 0.29) is 5.91 Å². The number of carbonyl (C=O) groups excluding carboxylic acids is 1. The smallest absolute Gasteiger partial charge is 0.254 e. The molecule has 0 radical (unpaired) electrons. The molecule has 1 aromatic carbocycles. The first-order valence-electron chi connectivity index (χ1n) is 8.03. The van der Waals surface area contributed by atoms with Gasteiger partial charge in [-0.1, -0.05) is 48.6 Å². The lowest BCUT2D eigenvalue weighted by atomic mass is 10.1. The molecule has 0 aliphatic carbocycles. The van der Waals surface area contributed by atoms with Crippen LogP contribution in [0.1, 0.15) is 38.0 Å². The highest BCUT2D eigenvalue weighted by Crippen LogP contribution is 2.24. The second-order valence-corrected chi connectivity index (χ2v) is 6.45. The van der Waals surface area contributed by atoms with Crippen molar-refractivity contribution in [2.24, 2.45) is 0 Å². The molecular weight excluding hydrogens is 300 g/mol. The van der Waals surface area contributed by atoms with Gasteiger partial charge in [-0.3, -0.25) is 9.78 Å². The third kappa shape index (κ3) is 5.97. The molecule has 0 fully saturated rings. The first-order valence-corrected chi connectivity index (χ1v) is 8.03. The fraction of sp³-hybridized carbons (Fsp3) is 0.300. The molecule has 126 valence electrons. The average Bonchev–Trinajstić information content (AvgIpc) is 2.57. The minimum Gasteiger partial charge on any atom is -0.358 e. The van der Waals surface area contributed by atoms with Gasteiger partial charge >= 0.3 is 0 Å². The SMILES string of the molecule is CC(C)(C)OC(C(=O)NCC=Cc1cccnc1)c1ccccc1. The van der Waals surface area contributed by atoms with Gasteiger partial charge in [0.1, 0.15) is 0 Å². The number of carbonyl (C=O) groups is 1. The lowest BCUT2D eigenvalue weighted by Gasteiger charge is -2.27. The van der Waals surface area contributed by atoms with Crippen molar-refractivity contribution in [3.63, 3.8) is 0 Å². The zero-order chi connectivity index (χ0) is 17.4. The van der Waals surface area contributed by atoms with Crippen LogP contribution in [0.25, 0.3) is 6.08 Å². The molecule has 1 aromatic heterocycles. The Kier molecular flexibility index (Phi) is 6.27. The number of ether oxygens (including phenoxy) is 1. The van der Waals surface area contributed by atoms with E-state index < -0.39 is 11.7 Å². The van der Waals surface area contributed by atoms with Crippen LogP contribution in [0.5, 0.6) is 0 Å². The maximum Gasteiger partial charge on any atom is 0.254 e. The maximum absolute atomic E-state index is 12.6. The molecule has 2 rings (SSSR count). The van der Waals surface area contributed by atoms with Crippen molar-refractivity contribution in [1.82, 2.24) is 10.3 Å². The summed E-state index contributed by atoms with van der Waals surface area (Å²) < 4.78 is 5.95. The number of hydrogen-bond acceptors (Lipinski definition) is 3. The molecule has 0 saturated heterocycles. The van der Waals surface area contributed by atoms with Crippen LogP contribution >= 0.6 is 0 Å². The van der Waals surface area contributed by atoms with E-state index in [4.69, 9.17) is 4.74 Å². The molecule has 4 heteroatoms. The number of aromatic nitrogens is 1. The number of rotatable bonds is 6. The molecule has 0 aliphatic heterocycles. The van der Waals surface area contributed by atoms with Crippen molar-refractivity contribution >= 4 is 12.0 Å². The number of nitrogens with zero attached hydrogens (tertiary/aromatic N) is 1. The summed E-state index contributed by atoms with van der Waals surface area (Å²) in [6, 6.07) is 13.4. The van der Waals surface area contributed by atoms with E-state index >= 15 is 0 Å². The molecule has 24 heavy (non-hydrogen) atoms. The largest absolute Gasteiger partial charge is 0.358 e.